The number of aryl methyl sites for hydroxylation is 2. The van der Waals surface area contributed by atoms with Gasteiger partial charge < -0.3 is 14.3 Å². The van der Waals surface area contributed by atoms with Crippen molar-refractivity contribution in [3.05, 3.63) is 101 Å². The van der Waals surface area contributed by atoms with Crippen LogP contribution in [-0.4, -0.2) is 10.5 Å². The van der Waals surface area contributed by atoms with E-state index in [4.69, 9.17) is 9.41 Å². The Morgan fingerprint density at radius 1 is 1.10 bits per heavy atom. The van der Waals surface area contributed by atoms with Crippen LogP contribution in [0.5, 0.6) is 0 Å². The van der Waals surface area contributed by atoms with E-state index in [2.05, 4.69) is 40.7 Å². The minimum atomic E-state index is -0.299. The summed E-state index contributed by atoms with van der Waals surface area (Å²) in [5.41, 5.74) is 5.07. The van der Waals surface area contributed by atoms with Gasteiger partial charge in [-0.1, -0.05) is 64.9 Å². The second kappa shape index (κ2) is 9.02. The van der Waals surface area contributed by atoms with Gasteiger partial charge in [-0.25, -0.2) is 4.99 Å². The number of nitrogens with zero attached hydrogens (tertiary/aromatic N) is 2. The molecule has 0 unspecified atom stereocenters. The van der Waals surface area contributed by atoms with E-state index in [1.54, 1.807) is 12.1 Å². The number of furan rings is 1. The second-order valence-electron chi connectivity index (χ2n) is 7.21. The summed E-state index contributed by atoms with van der Waals surface area (Å²) in [5, 5.41) is 3.72. The highest BCUT2D eigenvalue weighted by Gasteiger charge is 2.19. The van der Waals surface area contributed by atoms with Crippen molar-refractivity contribution in [3.8, 4) is 11.3 Å². The molecule has 0 aliphatic rings. The molecule has 0 saturated heterocycles. The Balaban J connectivity index is 1.89. The quantitative estimate of drug-likeness (QED) is 0.377. The van der Waals surface area contributed by atoms with Gasteiger partial charge in [-0.2, -0.15) is 0 Å². The van der Waals surface area contributed by atoms with Crippen molar-refractivity contribution in [1.29, 1.82) is 0 Å². The van der Waals surface area contributed by atoms with Crippen molar-refractivity contribution < 1.29 is 9.21 Å². The smallest absolute Gasteiger partial charge is 0.292 e. The van der Waals surface area contributed by atoms with Crippen molar-refractivity contribution in [1.82, 2.24) is 4.57 Å². The summed E-state index contributed by atoms with van der Waals surface area (Å²) in [7, 11) is 0. The highest BCUT2D eigenvalue weighted by Crippen LogP contribution is 2.32. The van der Waals surface area contributed by atoms with Crippen LogP contribution in [0.3, 0.4) is 0 Å². The Morgan fingerprint density at radius 3 is 2.39 bits per heavy atom. The van der Waals surface area contributed by atoms with Gasteiger partial charge in [-0.3, -0.25) is 4.79 Å². The molecule has 6 heteroatoms. The number of aromatic nitrogens is 1. The Bertz CT molecular complexity index is 1260. The standard InChI is InChI=1S/C25H23N3O2S/c1-4-15-28-22(19-11-7-17(2)8-12-19)24(27-23(29)21-6-5-16-30-21)31-25(28)26-20-13-9-18(3)10-14-20/h4-14,16H,1,15H2,2-3H3,(H,27,29). The van der Waals surface area contributed by atoms with E-state index in [9.17, 15) is 4.79 Å². The molecule has 2 heterocycles. The van der Waals surface area contributed by atoms with Crippen molar-refractivity contribution in [2.75, 3.05) is 5.32 Å². The molecule has 4 rings (SSSR count). The highest BCUT2D eigenvalue weighted by molar-refractivity contribution is 7.14. The van der Waals surface area contributed by atoms with Gasteiger partial charge >= 0.3 is 0 Å². The number of nitrogens with one attached hydrogen (secondary N) is 1. The number of carbonyl (C=O) groups excluding carboxylic acids is 1. The number of rotatable bonds is 6. The highest BCUT2D eigenvalue weighted by atomic mass is 32.1. The van der Waals surface area contributed by atoms with Crippen molar-refractivity contribution in [2.24, 2.45) is 4.99 Å². The third-order valence-electron chi connectivity index (χ3n) is 4.78. The number of anilines is 1. The van der Waals surface area contributed by atoms with Crippen LogP contribution in [0.15, 0.2) is 89.0 Å². The van der Waals surface area contributed by atoms with Crippen LogP contribution in [0.2, 0.25) is 0 Å². The third kappa shape index (κ3) is 4.59. The molecule has 4 aromatic rings. The first-order valence-electron chi connectivity index (χ1n) is 9.93. The second-order valence-corrected chi connectivity index (χ2v) is 8.18. The predicted molar refractivity (Wildman–Crippen MR) is 126 cm³/mol. The molecule has 0 radical (unpaired) electrons. The number of benzene rings is 2. The Kier molecular flexibility index (Phi) is 6.00. The van der Waals surface area contributed by atoms with Gasteiger partial charge in [0.15, 0.2) is 10.6 Å². The van der Waals surface area contributed by atoms with Gasteiger partial charge in [-0.15, -0.1) is 6.58 Å². The van der Waals surface area contributed by atoms with E-state index in [-0.39, 0.29) is 11.7 Å². The summed E-state index contributed by atoms with van der Waals surface area (Å²) in [6, 6.07) is 19.6. The first-order chi connectivity index (χ1) is 15.0. The molecule has 2 aromatic heterocycles. The molecule has 2 aromatic carbocycles. The summed E-state index contributed by atoms with van der Waals surface area (Å²) < 4.78 is 7.34. The topological polar surface area (TPSA) is 59.5 Å². The van der Waals surface area contributed by atoms with E-state index in [1.165, 1.54) is 28.7 Å². The van der Waals surface area contributed by atoms with E-state index in [0.717, 1.165) is 21.7 Å². The van der Waals surface area contributed by atoms with Crippen LogP contribution in [0.1, 0.15) is 21.7 Å². The molecule has 0 atom stereocenters. The fraction of sp³-hybridized carbons (Fsp3) is 0.120. The molecule has 0 aliphatic heterocycles. The van der Waals surface area contributed by atoms with Gasteiger partial charge in [0, 0.05) is 12.1 Å². The van der Waals surface area contributed by atoms with Crippen molar-refractivity contribution in [2.45, 2.75) is 20.4 Å². The SMILES string of the molecule is C=CCn1c(-c2ccc(C)cc2)c(NC(=O)c2ccco2)sc1=Nc1ccc(C)cc1. The molecule has 0 spiro atoms. The first kappa shape index (κ1) is 20.6. The third-order valence-corrected chi connectivity index (χ3v) is 5.77. The minimum Gasteiger partial charge on any atom is -0.459 e. The summed E-state index contributed by atoms with van der Waals surface area (Å²) in [6.07, 6.45) is 3.32. The summed E-state index contributed by atoms with van der Waals surface area (Å²) in [5.74, 6) is -0.0391. The van der Waals surface area contributed by atoms with Crippen LogP contribution < -0.4 is 10.1 Å². The van der Waals surface area contributed by atoms with Crippen LogP contribution in [0.4, 0.5) is 10.7 Å². The van der Waals surface area contributed by atoms with Crippen LogP contribution in [-0.2, 0) is 6.54 Å². The number of thiazole rings is 1. The summed E-state index contributed by atoms with van der Waals surface area (Å²) >= 11 is 1.42. The minimum absolute atomic E-state index is 0.260. The molecule has 0 fully saturated rings. The zero-order valence-electron chi connectivity index (χ0n) is 17.5. The van der Waals surface area contributed by atoms with E-state index in [1.807, 2.05) is 44.2 Å². The number of amides is 1. The lowest BCUT2D eigenvalue weighted by Crippen LogP contribution is -2.15. The Morgan fingerprint density at radius 2 is 1.77 bits per heavy atom. The number of carbonyl (C=O) groups is 1. The fourth-order valence-electron chi connectivity index (χ4n) is 3.18. The zero-order chi connectivity index (χ0) is 21.8. The number of allylic oxidation sites excluding steroid dienone is 1. The van der Waals surface area contributed by atoms with Crippen LogP contribution in [0, 0.1) is 13.8 Å². The summed E-state index contributed by atoms with van der Waals surface area (Å²) in [4.78, 5) is 18.4. The fourth-order valence-corrected chi connectivity index (χ4v) is 4.26. The predicted octanol–water partition coefficient (Wildman–Crippen LogP) is 6.10. The van der Waals surface area contributed by atoms with Crippen LogP contribution in [0.25, 0.3) is 11.3 Å². The molecule has 0 bridgehead atoms. The molecule has 5 nitrogen and oxygen atoms in total. The normalized spacial score (nSPS) is 11.5. The number of hydrogen-bond acceptors (Lipinski definition) is 4. The molecule has 0 saturated carbocycles. The molecule has 1 amide bonds. The Hall–Kier alpha value is -3.64. The molecular formula is C25H23N3O2S. The largest absolute Gasteiger partial charge is 0.459 e. The van der Waals surface area contributed by atoms with Gasteiger partial charge in [0.1, 0.15) is 5.00 Å². The monoisotopic (exact) mass is 429 g/mol. The maximum Gasteiger partial charge on any atom is 0.292 e. The van der Waals surface area contributed by atoms with Gasteiger partial charge in [0.05, 0.1) is 17.6 Å². The van der Waals surface area contributed by atoms with Crippen molar-refractivity contribution >= 4 is 27.9 Å². The first-order valence-corrected chi connectivity index (χ1v) is 10.7. The maximum absolute atomic E-state index is 12.7. The maximum atomic E-state index is 12.7. The molecule has 1 N–H and O–H groups in total. The van der Waals surface area contributed by atoms with E-state index in [0.29, 0.717) is 11.5 Å². The molecule has 0 aliphatic carbocycles. The molecular weight excluding hydrogens is 406 g/mol. The van der Waals surface area contributed by atoms with Gasteiger partial charge in [0.2, 0.25) is 0 Å². The van der Waals surface area contributed by atoms with E-state index >= 15 is 0 Å². The summed E-state index contributed by atoms with van der Waals surface area (Å²) in [6.45, 7) is 8.57. The van der Waals surface area contributed by atoms with Gasteiger partial charge in [-0.05, 0) is 38.1 Å². The lowest BCUT2D eigenvalue weighted by Gasteiger charge is -2.10. The van der Waals surface area contributed by atoms with E-state index < -0.39 is 0 Å². The lowest BCUT2D eigenvalue weighted by molar-refractivity contribution is 0.0997. The van der Waals surface area contributed by atoms with Crippen LogP contribution >= 0.6 is 11.3 Å². The van der Waals surface area contributed by atoms with Crippen molar-refractivity contribution in [3.63, 3.8) is 0 Å². The average Bonchev–Trinajstić information content (AvgIpc) is 3.40. The molecule has 156 valence electrons. The lowest BCUT2D eigenvalue weighted by atomic mass is 10.1. The van der Waals surface area contributed by atoms with Gasteiger partial charge in [0.25, 0.3) is 5.91 Å². The zero-order valence-corrected chi connectivity index (χ0v) is 18.3. The Labute approximate surface area is 185 Å². The average molecular weight is 430 g/mol. The molecule has 31 heavy (non-hydrogen) atoms. The number of hydrogen-bond donors (Lipinski definition) is 1.